The summed E-state index contributed by atoms with van der Waals surface area (Å²) in [6, 6.07) is 10.6. The van der Waals surface area contributed by atoms with Gasteiger partial charge in [0.25, 0.3) is 5.91 Å². The molecule has 4 heteroatoms. The topological polar surface area (TPSA) is 29.5 Å². The van der Waals surface area contributed by atoms with Crippen molar-refractivity contribution in [2.24, 2.45) is 0 Å². The third-order valence-corrected chi connectivity index (χ3v) is 7.23. The Morgan fingerprint density at radius 2 is 1.83 bits per heavy atom. The van der Waals surface area contributed by atoms with Gasteiger partial charge in [0.15, 0.2) is 6.61 Å². The number of thiophene rings is 1. The van der Waals surface area contributed by atoms with Gasteiger partial charge in [-0.3, -0.25) is 4.79 Å². The smallest absolute Gasteiger partial charge is 0.261 e. The van der Waals surface area contributed by atoms with Crippen LogP contribution in [0.4, 0.5) is 0 Å². The Kier molecular flexibility index (Phi) is 5.28. The number of amides is 1. The number of aryl methyl sites for hydroxylation is 2. The van der Waals surface area contributed by atoms with Crippen LogP contribution in [0.25, 0.3) is 0 Å². The second kappa shape index (κ2) is 8.19. The molecule has 0 radical (unpaired) electrons. The van der Waals surface area contributed by atoms with Crippen LogP contribution in [0.15, 0.2) is 59.0 Å². The van der Waals surface area contributed by atoms with E-state index in [-0.39, 0.29) is 18.6 Å². The van der Waals surface area contributed by atoms with Crippen molar-refractivity contribution in [3.05, 3.63) is 75.0 Å². The van der Waals surface area contributed by atoms with Crippen molar-refractivity contribution in [2.45, 2.75) is 57.5 Å². The summed E-state index contributed by atoms with van der Waals surface area (Å²) in [4.78, 5) is 16.6. The molecule has 1 amide bonds. The van der Waals surface area contributed by atoms with Gasteiger partial charge in [-0.05, 0) is 90.8 Å². The number of benzene rings is 1. The molecule has 0 N–H and O–H groups in total. The van der Waals surface area contributed by atoms with Gasteiger partial charge in [0.2, 0.25) is 0 Å². The summed E-state index contributed by atoms with van der Waals surface area (Å²) in [7, 11) is 0. The monoisotopic (exact) mass is 405 g/mol. The third-order valence-electron chi connectivity index (χ3n) is 6.36. The second-order valence-corrected chi connectivity index (χ2v) is 9.26. The molecule has 29 heavy (non-hydrogen) atoms. The molecule has 2 bridgehead atoms. The predicted octanol–water partition coefficient (Wildman–Crippen LogP) is 5.45. The van der Waals surface area contributed by atoms with Crippen molar-refractivity contribution in [1.29, 1.82) is 0 Å². The number of allylic oxidation sites excluding steroid dienone is 2. The molecule has 5 rings (SSSR count). The van der Waals surface area contributed by atoms with E-state index in [9.17, 15) is 4.79 Å². The lowest BCUT2D eigenvalue weighted by atomic mass is 9.80. The molecule has 0 atom stereocenters. The molecule has 0 saturated heterocycles. The molecule has 2 aromatic rings. The maximum atomic E-state index is 13.4. The molecule has 0 aliphatic heterocycles. The van der Waals surface area contributed by atoms with Crippen molar-refractivity contribution in [3.63, 3.8) is 0 Å². The molecule has 1 aromatic carbocycles. The van der Waals surface area contributed by atoms with Gasteiger partial charge in [0, 0.05) is 4.88 Å². The van der Waals surface area contributed by atoms with Crippen molar-refractivity contribution in [1.82, 2.24) is 4.90 Å². The van der Waals surface area contributed by atoms with Gasteiger partial charge in [-0.15, -0.1) is 11.3 Å². The first-order valence-corrected chi connectivity index (χ1v) is 11.6. The number of rotatable bonds is 6. The summed E-state index contributed by atoms with van der Waals surface area (Å²) < 4.78 is 5.98. The molecule has 3 aliphatic rings. The molecular formula is C25H27NO2S. The summed E-state index contributed by atoms with van der Waals surface area (Å²) in [5.74, 6) is 0.891. The maximum absolute atomic E-state index is 13.4. The van der Waals surface area contributed by atoms with Crippen LogP contribution in [-0.2, 0) is 24.2 Å². The number of carbonyl (C=O) groups is 1. The highest BCUT2D eigenvalue weighted by Crippen LogP contribution is 2.37. The Hall–Kier alpha value is -2.33. The molecule has 0 spiro atoms. The van der Waals surface area contributed by atoms with Crippen LogP contribution in [0.5, 0.6) is 5.75 Å². The zero-order valence-electron chi connectivity index (χ0n) is 16.7. The number of ether oxygens (including phenoxy) is 1. The number of fused-ring (bicyclic) bond motifs is 3. The third kappa shape index (κ3) is 3.91. The van der Waals surface area contributed by atoms with E-state index in [1.54, 1.807) is 11.3 Å². The summed E-state index contributed by atoms with van der Waals surface area (Å²) in [5, 5.41) is 2.08. The molecule has 3 nitrogen and oxygen atoms in total. The van der Waals surface area contributed by atoms with Crippen molar-refractivity contribution < 1.29 is 9.53 Å². The summed E-state index contributed by atoms with van der Waals surface area (Å²) in [6.07, 6.45) is 12.5. The fraction of sp³-hybridized carbons (Fsp3) is 0.400. The van der Waals surface area contributed by atoms with Gasteiger partial charge in [-0.1, -0.05) is 24.3 Å². The highest BCUT2D eigenvalue weighted by Gasteiger charge is 2.33. The molecule has 150 valence electrons. The van der Waals surface area contributed by atoms with E-state index in [2.05, 4.69) is 46.7 Å². The van der Waals surface area contributed by atoms with E-state index < -0.39 is 0 Å². The van der Waals surface area contributed by atoms with Crippen molar-refractivity contribution >= 4 is 17.2 Å². The maximum Gasteiger partial charge on any atom is 0.261 e. The SMILES string of the molecule is O=C(COc1ccc2c(c1)CCC2)N(Cc1cccs1)C1C2=CCC=C1CCC2. The van der Waals surface area contributed by atoms with E-state index in [1.165, 1.54) is 40.0 Å². The quantitative estimate of drug-likeness (QED) is 0.598. The first-order chi connectivity index (χ1) is 14.3. The first-order valence-electron chi connectivity index (χ1n) is 10.7. The molecule has 0 unspecified atom stereocenters. The zero-order valence-corrected chi connectivity index (χ0v) is 17.5. The minimum atomic E-state index is 0.0736. The van der Waals surface area contributed by atoms with E-state index in [1.807, 2.05) is 6.07 Å². The van der Waals surface area contributed by atoms with Gasteiger partial charge in [0.1, 0.15) is 5.75 Å². The molecule has 1 saturated carbocycles. The van der Waals surface area contributed by atoms with Crippen LogP contribution in [0, 0.1) is 0 Å². The Morgan fingerprint density at radius 1 is 1.03 bits per heavy atom. The zero-order chi connectivity index (χ0) is 19.6. The van der Waals surface area contributed by atoms with E-state index >= 15 is 0 Å². The van der Waals surface area contributed by atoms with Crippen LogP contribution in [0.2, 0.25) is 0 Å². The number of carbonyl (C=O) groups excluding carboxylic acids is 1. The van der Waals surface area contributed by atoms with Gasteiger partial charge in [-0.25, -0.2) is 0 Å². The van der Waals surface area contributed by atoms with Gasteiger partial charge < -0.3 is 9.64 Å². The van der Waals surface area contributed by atoms with Gasteiger partial charge in [-0.2, -0.15) is 0 Å². The van der Waals surface area contributed by atoms with E-state index in [4.69, 9.17) is 4.74 Å². The largest absolute Gasteiger partial charge is 0.484 e. The van der Waals surface area contributed by atoms with E-state index in [0.717, 1.165) is 37.9 Å². The normalized spacial score (nSPS) is 18.1. The molecule has 1 heterocycles. The number of hydrogen-bond donors (Lipinski definition) is 0. The summed E-state index contributed by atoms with van der Waals surface area (Å²) >= 11 is 1.72. The Labute approximate surface area is 176 Å². The summed E-state index contributed by atoms with van der Waals surface area (Å²) in [5.41, 5.74) is 5.63. The molecule has 1 fully saturated rings. The lowest BCUT2D eigenvalue weighted by Crippen LogP contribution is -2.46. The lowest BCUT2D eigenvalue weighted by Gasteiger charge is -2.39. The van der Waals surface area contributed by atoms with Crippen LogP contribution in [0.1, 0.15) is 48.1 Å². The molecule has 1 aromatic heterocycles. The van der Waals surface area contributed by atoms with Crippen LogP contribution < -0.4 is 4.74 Å². The fourth-order valence-electron chi connectivity index (χ4n) is 4.96. The molecule has 3 aliphatic carbocycles. The summed E-state index contributed by atoms with van der Waals surface area (Å²) in [6.45, 7) is 0.755. The van der Waals surface area contributed by atoms with Gasteiger partial charge >= 0.3 is 0 Å². The minimum Gasteiger partial charge on any atom is -0.484 e. The molecular weight excluding hydrogens is 378 g/mol. The Balaban J connectivity index is 1.34. The van der Waals surface area contributed by atoms with Crippen LogP contribution in [0.3, 0.4) is 0 Å². The minimum absolute atomic E-state index is 0.0736. The van der Waals surface area contributed by atoms with Crippen molar-refractivity contribution in [3.8, 4) is 5.75 Å². The lowest BCUT2D eigenvalue weighted by molar-refractivity contribution is -0.135. The number of nitrogens with zero attached hydrogens (tertiary/aromatic N) is 1. The van der Waals surface area contributed by atoms with E-state index in [0.29, 0.717) is 6.54 Å². The Morgan fingerprint density at radius 3 is 2.62 bits per heavy atom. The average molecular weight is 406 g/mol. The second-order valence-electron chi connectivity index (χ2n) is 8.22. The highest BCUT2D eigenvalue weighted by molar-refractivity contribution is 7.09. The standard InChI is InChI=1S/C25H27NO2S/c27-24(17-28-22-13-12-18-5-1-10-21(18)15-22)26(16-23-11-4-14-29-23)25-19-6-2-7-20(25)9-3-8-19/h4,6-7,11-15,25H,1-3,5,8-10,16-17H2. The highest BCUT2D eigenvalue weighted by atomic mass is 32.1. The van der Waals surface area contributed by atoms with Crippen LogP contribution >= 0.6 is 11.3 Å². The van der Waals surface area contributed by atoms with Crippen LogP contribution in [-0.4, -0.2) is 23.5 Å². The number of hydrogen-bond acceptors (Lipinski definition) is 3. The van der Waals surface area contributed by atoms with Crippen molar-refractivity contribution in [2.75, 3.05) is 6.61 Å². The average Bonchev–Trinajstić information content (AvgIpc) is 3.41. The Bertz CT molecular complexity index is 937. The first kappa shape index (κ1) is 18.7. The fourth-order valence-corrected chi connectivity index (χ4v) is 5.66. The van der Waals surface area contributed by atoms with Gasteiger partial charge in [0.05, 0.1) is 12.6 Å². The predicted molar refractivity (Wildman–Crippen MR) is 117 cm³/mol.